The van der Waals surface area contributed by atoms with Crippen molar-refractivity contribution < 1.29 is 29.3 Å². The standard InChI is InChI=1S/C16H21NO6/c1-5-17-8-6-13(14(17)19)12(7-9-18)11(4)16(21)23-22-15(20)10(2)3/h5,13,18H,1-2,6-9H2,3-4H3/b12-11+. The molecule has 7 nitrogen and oxygen atoms in total. The highest BCUT2D eigenvalue weighted by Crippen LogP contribution is 2.30. The number of aliphatic hydroxyl groups is 1. The number of hydrogen-bond acceptors (Lipinski definition) is 6. The summed E-state index contributed by atoms with van der Waals surface area (Å²) in [6, 6.07) is 0. The lowest BCUT2D eigenvalue weighted by Crippen LogP contribution is -2.24. The van der Waals surface area contributed by atoms with E-state index in [0.717, 1.165) is 0 Å². The first-order chi connectivity index (χ1) is 10.8. The Hall–Kier alpha value is -2.41. The number of hydrogen-bond donors (Lipinski definition) is 1. The molecule has 1 N–H and O–H groups in total. The van der Waals surface area contributed by atoms with Gasteiger partial charge in [-0.05, 0) is 38.5 Å². The Labute approximate surface area is 134 Å². The minimum Gasteiger partial charge on any atom is -0.396 e. The van der Waals surface area contributed by atoms with Crippen molar-refractivity contribution in [3.63, 3.8) is 0 Å². The summed E-state index contributed by atoms with van der Waals surface area (Å²) in [4.78, 5) is 45.7. The van der Waals surface area contributed by atoms with E-state index in [-0.39, 0.29) is 30.1 Å². The zero-order valence-electron chi connectivity index (χ0n) is 13.3. The summed E-state index contributed by atoms with van der Waals surface area (Å²) in [5.74, 6) is -2.45. The number of aliphatic hydroxyl groups excluding tert-OH is 1. The van der Waals surface area contributed by atoms with Crippen LogP contribution in [0.15, 0.2) is 36.1 Å². The average molecular weight is 323 g/mol. The van der Waals surface area contributed by atoms with Gasteiger partial charge in [-0.25, -0.2) is 19.4 Å². The highest BCUT2D eigenvalue weighted by Gasteiger charge is 2.34. The summed E-state index contributed by atoms with van der Waals surface area (Å²) >= 11 is 0. The third-order valence-corrected chi connectivity index (χ3v) is 3.59. The number of likely N-dealkylation sites (tertiary alicyclic amines) is 1. The lowest BCUT2D eigenvalue weighted by molar-refractivity contribution is -0.252. The molecule has 0 aromatic carbocycles. The van der Waals surface area contributed by atoms with E-state index in [1.807, 2.05) is 0 Å². The van der Waals surface area contributed by atoms with Crippen molar-refractivity contribution in [2.75, 3.05) is 13.2 Å². The number of rotatable bonds is 6. The van der Waals surface area contributed by atoms with Crippen molar-refractivity contribution in [2.24, 2.45) is 5.92 Å². The second kappa shape index (κ2) is 8.28. The van der Waals surface area contributed by atoms with Gasteiger partial charge in [-0.15, -0.1) is 0 Å². The minimum atomic E-state index is -0.882. The van der Waals surface area contributed by atoms with Crippen molar-refractivity contribution in [1.82, 2.24) is 4.90 Å². The minimum absolute atomic E-state index is 0.0857. The number of carbonyl (C=O) groups excluding carboxylic acids is 3. The molecule has 126 valence electrons. The van der Waals surface area contributed by atoms with E-state index in [2.05, 4.69) is 22.9 Å². The molecule has 1 heterocycles. The first-order valence-corrected chi connectivity index (χ1v) is 7.15. The van der Waals surface area contributed by atoms with Crippen LogP contribution in [0.1, 0.15) is 26.7 Å². The zero-order valence-corrected chi connectivity index (χ0v) is 13.3. The van der Waals surface area contributed by atoms with Gasteiger partial charge in [0.15, 0.2) is 0 Å². The van der Waals surface area contributed by atoms with Crippen LogP contribution in [0.3, 0.4) is 0 Å². The molecule has 0 aliphatic carbocycles. The Balaban J connectivity index is 2.92. The molecule has 1 aliphatic rings. The molecule has 1 aliphatic heterocycles. The third-order valence-electron chi connectivity index (χ3n) is 3.59. The summed E-state index contributed by atoms with van der Waals surface area (Å²) in [7, 11) is 0. The fraction of sp³-hybridized carbons (Fsp3) is 0.438. The van der Waals surface area contributed by atoms with Crippen LogP contribution in [0.2, 0.25) is 0 Å². The Kier molecular flexibility index (Phi) is 6.71. The molecular formula is C16H21NO6. The summed E-state index contributed by atoms with van der Waals surface area (Å²) in [5, 5.41) is 9.20. The van der Waals surface area contributed by atoms with E-state index in [0.29, 0.717) is 18.5 Å². The summed E-state index contributed by atoms with van der Waals surface area (Å²) < 4.78 is 0. The van der Waals surface area contributed by atoms with E-state index in [1.54, 1.807) is 0 Å². The van der Waals surface area contributed by atoms with Gasteiger partial charge in [0.05, 0.1) is 5.92 Å². The quantitative estimate of drug-likeness (QED) is 0.449. The fourth-order valence-corrected chi connectivity index (χ4v) is 2.29. The molecule has 7 heteroatoms. The van der Waals surface area contributed by atoms with Crippen molar-refractivity contribution in [1.29, 1.82) is 0 Å². The van der Waals surface area contributed by atoms with Gasteiger partial charge in [0.25, 0.3) is 0 Å². The summed E-state index contributed by atoms with van der Waals surface area (Å²) in [6.45, 7) is 10.1. The molecule has 1 atom stereocenters. The van der Waals surface area contributed by atoms with Crippen LogP contribution in [0.5, 0.6) is 0 Å². The van der Waals surface area contributed by atoms with Crippen molar-refractivity contribution >= 4 is 17.8 Å². The molecule has 1 unspecified atom stereocenters. The van der Waals surface area contributed by atoms with Gasteiger partial charge in [-0.3, -0.25) is 4.79 Å². The lowest BCUT2D eigenvalue weighted by Gasteiger charge is -2.16. The van der Waals surface area contributed by atoms with Crippen molar-refractivity contribution in [3.05, 3.63) is 36.1 Å². The maximum absolute atomic E-state index is 12.2. The second-order valence-electron chi connectivity index (χ2n) is 5.20. The van der Waals surface area contributed by atoms with Gasteiger partial charge in [0, 0.05) is 24.3 Å². The predicted molar refractivity (Wildman–Crippen MR) is 81.4 cm³/mol. The van der Waals surface area contributed by atoms with Gasteiger partial charge in [-0.1, -0.05) is 13.2 Å². The second-order valence-corrected chi connectivity index (χ2v) is 5.20. The monoisotopic (exact) mass is 323 g/mol. The van der Waals surface area contributed by atoms with Crippen LogP contribution >= 0.6 is 0 Å². The predicted octanol–water partition coefficient (Wildman–Crippen LogP) is 1.25. The van der Waals surface area contributed by atoms with E-state index in [1.165, 1.54) is 24.9 Å². The topological polar surface area (TPSA) is 93.1 Å². The van der Waals surface area contributed by atoms with E-state index < -0.39 is 17.9 Å². The Morgan fingerprint density at radius 3 is 2.43 bits per heavy atom. The van der Waals surface area contributed by atoms with Crippen molar-refractivity contribution in [2.45, 2.75) is 26.7 Å². The van der Waals surface area contributed by atoms with Crippen LogP contribution in [-0.4, -0.2) is 41.0 Å². The maximum atomic E-state index is 12.2. The number of amides is 1. The molecule has 1 rings (SSSR count). The molecule has 1 saturated heterocycles. The van der Waals surface area contributed by atoms with Crippen molar-refractivity contribution in [3.8, 4) is 0 Å². The molecule has 0 bridgehead atoms. The largest absolute Gasteiger partial charge is 0.396 e. The molecule has 1 fully saturated rings. The molecular weight excluding hydrogens is 302 g/mol. The van der Waals surface area contributed by atoms with Crippen LogP contribution in [-0.2, 0) is 24.2 Å². The van der Waals surface area contributed by atoms with Crippen LogP contribution in [0.4, 0.5) is 0 Å². The van der Waals surface area contributed by atoms with E-state index in [9.17, 15) is 19.5 Å². The Morgan fingerprint density at radius 2 is 1.96 bits per heavy atom. The molecule has 0 aromatic rings. The molecule has 0 aromatic heterocycles. The molecule has 0 saturated carbocycles. The first kappa shape index (κ1) is 18.6. The SMILES string of the molecule is C=CN1CCC(/C(CCO)=C(\C)C(=O)OOC(=O)C(=C)C)C1=O. The van der Waals surface area contributed by atoms with Gasteiger partial charge in [0.2, 0.25) is 5.91 Å². The van der Waals surface area contributed by atoms with Gasteiger partial charge < -0.3 is 10.0 Å². The number of carbonyl (C=O) groups is 3. The smallest absolute Gasteiger partial charge is 0.382 e. The zero-order chi connectivity index (χ0) is 17.6. The fourth-order valence-electron chi connectivity index (χ4n) is 2.29. The molecule has 0 radical (unpaired) electrons. The number of nitrogens with zero attached hydrogens (tertiary/aromatic N) is 1. The normalized spacial score (nSPS) is 18.3. The highest BCUT2D eigenvalue weighted by molar-refractivity contribution is 5.93. The third kappa shape index (κ3) is 4.53. The lowest BCUT2D eigenvalue weighted by atomic mass is 9.91. The van der Waals surface area contributed by atoms with Gasteiger partial charge in [-0.2, -0.15) is 0 Å². The van der Waals surface area contributed by atoms with Gasteiger partial charge in [0.1, 0.15) is 0 Å². The highest BCUT2D eigenvalue weighted by atomic mass is 17.2. The Morgan fingerprint density at radius 1 is 1.35 bits per heavy atom. The summed E-state index contributed by atoms with van der Waals surface area (Å²) in [5.41, 5.74) is 0.693. The molecule has 0 spiro atoms. The average Bonchev–Trinajstić information content (AvgIpc) is 2.89. The summed E-state index contributed by atoms with van der Waals surface area (Å²) in [6.07, 6.45) is 2.09. The maximum Gasteiger partial charge on any atom is 0.382 e. The first-order valence-electron chi connectivity index (χ1n) is 7.15. The van der Waals surface area contributed by atoms with E-state index in [4.69, 9.17) is 0 Å². The molecule has 23 heavy (non-hydrogen) atoms. The van der Waals surface area contributed by atoms with Gasteiger partial charge >= 0.3 is 11.9 Å². The Bertz CT molecular complexity index is 563. The molecule has 1 amide bonds. The van der Waals surface area contributed by atoms with E-state index >= 15 is 0 Å². The van der Waals surface area contributed by atoms with Crippen LogP contribution in [0.25, 0.3) is 0 Å². The van der Waals surface area contributed by atoms with Crippen LogP contribution in [0, 0.1) is 5.92 Å². The van der Waals surface area contributed by atoms with Crippen LogP contribution < -0.4 is 0 Å².